The second kappa shape index (κ2) is 10.8. The van der Waals surface area contributed by atoms with Crippen molar-refractivity contribution in [1.29, 1.82) is 0 Å². The molecule has 3 aromatic heterocycles. The molecule has 5 rings (SSSR count). The van der Waals surface area contributed by atoms with E-state index < -0.39 is 0 Å². The zero-order chi connectivity index (χ0) is 25.1. The molecule has 1 aromatic carbocycles. The number of ether oxygens (including phenoxy) is 2. The van der Waals surface area contributed by atoms with Crippen molar-refractivity contribution in [2.24, 2.45) is 0 Å². The summed E-state index contributed by atoms with van der Waals surface area (Å²) in [7, 11) is 2.19. The molecule has 36 heavy (non-hydrogen) atoms. The van der Waals surface area contributed by atoms with Gasteiger partial charge in [-0.3, -0.25) is 0 Å². The van der Waals surface area contributed by atoms with Crippen molar-refractivity contribution >= 4 is 33.2 Å². The van der Waals surface area contributed by atoms with Gasteiger partial charge in [0.2, 0.25) is 11.8 Å². The van der Waals surface area contributed by atoms with Gasteiger partial charge in [-0.2, -0.15) is 0 Å². The molecule has 7 nitrogen and oxygen atoms in total. The van der Waals surface area contributed by atoms with Gasteiger partial charge in [0.25, 0.3) is 0 Å². The van der Waals surface area contributed by atoms with Crippen molar-refractivity contribution < 1.29 is 9.47 Å². The van der Waals surface area contributed by atoms with E-state index in [0.717, 1.165) is 45.9 Å². The highest BCUT2D eigenvalue weighted by molar-refractivity contribution is 7.17. The Balaban J connectivity index is 1.46. The molecular formula is C28H33N5O2S. The van der Waals surface area contributed by atoms with E-state index in [9.17, 15) is 0 Å². The van der Waals surface area contributed by atoms with Crippen molar-refractivity contribution in [1.82, 2.24) is 19.9 Å². The van der Waals surface area contributed by atoms with Gasteiger partial charge < -0.3 is 19.7 Å². The van der Waals surface area contributed by atoms with E-state index in [-0.39, 0.29) is 6.10 Å². The number of hydrogen-bond donors (Lipinski definition) is 1. The Kier molecular flexibility index (Phi) is 7.34. The summed E-state index contributed by atoms with van der Waals surface area (Å²) in [5.41, 5.74) is 5.00. The minimum Gasteiger partial charge on any atom is -0.489 e. The summed E-state index contributed by atoms with van der Waals surface area (Å²) in [6.07, 6.45) is 6.02. The highest BCUT2D eigenvalue weighted by Gasteiger charge is 2.21. The monoisotopic (exact) mass is 503 g/mol. The van der Waals surface area contributed by atoms with Crippen LogP contribution >= 0.6 is 11.3 Å². The van der Waals surface area contributed by atoms with Crippen LogP contribution < -0.4 is 14.8 Å². The summed E-state index contributed by atoms with van der Waals surface area (Å²) in [6.45, 7) is 8.88. The van der Waals surface area contributed by atoms with Crippen LogP contribution in [0.5, 0.6) is 11.6 Å². The van der Waals surface area contributed by atoms with Gasteiger partial charge in [0, 0.05) is 22.7 Å². The maximum atomic E-state index is 6.23. The topological polar surface area (TPSA) is 72.4 Å². The van der Waals surface area contributed by atoms with Gasteiger partial charge in [-0.05, 0) is 89.5 Å². The zero-order valence-corrected chi connectivity index (χ0v) is 22.1. The van der Waals surface area contributed by atoms with Crippen molar-refractivity contribution in [2.75, 3.05) is 32.1 Å². The molecule has 0 saturated carbocycles. The minimum atomic E-state index is 0.0627. The van der Waals surface area contributed by atoms with Crippen LogP contribution in [0.4, 0.5) is 11.6 Å². The standard InChI is InChI=1S/C28H33N5O2S/c1-5-34-27-21(7-6-12-29-27)22-17-36-25-16-30-28(32-26(22)25)31-23-9-8-20(15-24(23)35-18(2)3)19-10-13-33(4)14-11-19/h6-9,12,15-19H,5,10-11,13-14H2,1-4H3,(H,30,31,32). The molecule has 0 aliphatic carbocycles. The molecule has 0 atom stereocenters. The average molecular weight is 504 g/mol. The number of rotatable bonds is 8. The van der Waals surface area contributed by atoms with Gasteiger partial charge in [-0.25, -0.2) is 15.0 Å². The highest BCUT2D eigenvalue weighted by Crippen LogP contribution is 2.38. The number of nitrogens with zero attached hydrogens (tertiary/aromatic N) is 4. The Morgan fingerprint density at radius 2 is 1.97 bits per heavy atom. The van der Waals surface area contributed by atoms with Crippen LogP contribution in [0.1, 0.15) is 45.1 Å². The first-order valence-electron chi connectivity index (χ1n) is 12.6. The summed E-state index contributed by atoms with van der Waals surface area (Å²) in [5, 5.41) is 5.51. The normalized spacial score (nSPS) is 14.9. The van der Waals surface area contributed by atoms with Gasteiger partial charge in [-0.1, -0.05) is 6.07 Å². The molecule has 4 heterocycles. The van der Waals surface area contributed by atoms with Crippen LogP contribution in [0, 0.1) is 0 Å². The molecular weight excluding hydrogens is 470 g/mol. The first-order valence-corrected chi connectivity index (χ1v) is 13.5. The first kappa shape index (κ1) is 24.5. The number of pyridine rings is 1. The lowest BCUT2D eigenvalue weighted by atomic mass is 9.89. The fourth-order valence-corrected chi connectivity index (χ4v) is 5.50. The molecule has 1 aliphatic rings. The Hall–Kier alpha value is -3.23. The molecule has 0 bridgehead atoms. The van der Waals surface area contributed by atoms with E-state index in [1.807, 2.05) is 25.3 Å². The predicted molar refractivity (Wildman–Crippen MR) is 147 cm³/mol. The molecule has 1 saturated heterocycles. The van der Waals surface area contributed by atoms with E-state index in [2.05, 4.69) is 64.7 Å². The third-order valence-electron chi connectivity index (χ3n) is 6.46. The van der Waals surface area contributed by atoms with Crippen LogP contribution in [0.3, 0.4) is 0 Å². The third kappa shape index (κ3) is 5.29. The molecule has 8 heteroatoms. The number of piperidine rings is 1. The molecule has 0 amide bonds. The van der Waals surface area contributed by atoms with Crippen LogP contribution in [0.25, 0.3) is 21.3 Å². The molecule has 1 aliphatic heterocycles. The molecule has 0 unspecified atom stereocenters. The zero-order valence-electron chi connectivity index (χ0n) is 21.3. The van der Waals surface area contributed by atoms with Crippen molar-refractivity contribution in [2.45, 2.75) is 45.6 Å². The Labute approximate surface area is 216 Å². The summed E-state index contributed by atoms with van der Waals surface area (Å²) in [5.74, 6) is 2.54. The Bertz CT molecular complexity index is 1330. The highest BCUT2D eigenvalue weighted by atomic mass is 32.1. The second-order valence-electron chi connectivity index (χ2n) is 9.47. The van der Waals surface area contributed by atoms with Crippen molar-refractivity contribution in [3.05, 3.63) is 53.7 Å². The number of aromatic nitrogens is 3. The van der Waals surface area contributed by atoms with Gasteiger partial charge in [-0.15, -0.1) is 11.3 Å². The number of thiophene rings is 1. The SMILES string of the molecule is CCOc1ncccc1-c1csc2cnc(Nc3ccc(C4CCN(C)CC4)cc3OC(C)C)nc12. The molecule has 1 fully saturated rings. The quantitative estimate of drug-likeness (QED) is 0.294. The van der Waals surface area contributed by atoms with E-state index in [4.69, 9.17) is 14.5 Å². The number of anilines is 2. The van der Waals surface area contributed by atoms with Gasteiger partial charge in [0.1, 0.15) is 5.75 Å². The Morgan fingerprint density at radius 1 is 1.14 bits per heavy atom. The molecule has 0 spiro atoms. The lowest BCUT2D eigenvalue weighted by Crippen LogP contribution is -2.29. The van der Waals surface area contributed by atoms with Gasteiger partial charge in [0.15, 0.2) is 0 Å². The number of nitrogens with one attached hydrogen (secondary N) is 1. The van der Waals surface area contributed by atoms with Crippen LogP contribution in [0.2, 0.25) is 0 Å². The smallest absolute Gasteiger partial charge is 0.227 e. The van der Waals surface area contributed by atoms with Crippen LogP contribution in [-0.2, 0) is 0 Å². The fraction of sp³-hybridized carbons (Fsp3) is 0.393. The van der Waals surface area contributed by atoms with E-state index in [1.165, 1.54) is 18.4 Å². The summed E-state index contributed by atoms with van der Waals surface area (Å²) >= 11 is 1.62. The number of benzene rings is 1. The number of fused-ring (bicyclic) bond motifs is 1. The number of hydrogen-bond acceptors (Lipinski definition) is 8. The summed E-state index contributed by atoms with van der Waals surface area (Å²) < 4.78 is 13.0. The first-order chi connectivity index (χ1) is 17.5. The van der Waals surface area contributed by atoms with Crippen LogP contribution in [0.15, 0.2) is 48.1 Å². The van der Waals surface area contributed by atoms with Crippen molar-refractivity contribution in [3.63, 3.8) is 0 Å². The van der Waals surface area contributed by atoms with E-state index in [0.29, 0.717) is 24.4 Å². The maximum Gasteiger partial charge on any atom is 0.227 e. The third-order valence-corrected chi connectivity index (χ3v) is 7.37. The molecule has 188 valence electrons. The van der Waals surface area contributed by atoms with Crippen LogP contribution in [-0.4, -0.2) is 52.7 Å². The van der Waals surface area contributed by atoms with E-state index in [1.54, 1.807) is 17.5 Å². The fourth-order valence-electron chi connectivity index (χ4n) is 4.64. The maximum absolute atomic E-state index is 6.23. The Morgan fingerprint density at radius 3 is 2.75 bits per heavy atom. The van der Waals surface area contributed by atoms with Crippen molar-refractivity contribution in [3.8, 4) is 22.8 Å². The second-order valence-corrected chi connectivity index (χ2v) is 10.4. The largest absolute Gasteiger partial charge is 0.489 e. The summed E-state index contributed by atoms with van der Waals surface area (Å²) in [6, 6.07) is 10.4. The lowest BCUT2D eigenvalue weighted by Gasteiger charge is -2.29. The van der Waals surface area contributed by atoms with E-state index >= 15 is 0 Å². The van der Waals surface area contributed by atoms with Gasteiger partial charge >= 0.3 is 0 Å². The lowest BCUT2D eigenvalue weighted by molar-refractivity contribution is 0.241. The predicted octanol–water partition coefficient (Wildman–Crippen LogP) is 6.49. The summed E-state index contributed by atoms with van der Waals surface area (Å²) in [4.78, 5) is 16.3. The average Bonchev–Trinajstić information content (AvgIpc) is 3.29. The molecule has 0 radical (unpaired) electrons. The van der Waals surface area contributed by atoms with Gasteiger partial charge in [0.05, 0.1) is 34.8 Å². The molecule has 1 N–H and O–H groups in total. The minimum absolute atomic E-state index is 0.0627. The number of likely N-dealkylation sites (tertiary alicyclic amines) is 1. The molecule has 4 aromatic rings.